The Morgan fingerprint density at radius 3 is 2.54 bits per heavy atom. The van der Waals surface area contributed by atoms with Gasteiger partial charge in [0.1, 0.15) is 11.6 Å². The molecule has 146 valence electrons. The second kappa shape index (κ2) is 9.36. The highest BCUT2D eigenvalue weighted by Crippen LogP contribution is 2.25. The van der Waals surface area contributed by atoms with Crippen molar-refractivity contribution in [2.75, 3.05) is 12.9 Å². The molecule has 0 radical (unpaired) electrons. The average molecular weight is 402 g/mol. The van der Waals surface area contributed by atoms with Crippen LogP contribution < -0.4 is 4.74 Å². The fourth-order valence-corrected chi connectivity index (χ4v) is 3.17. The SMILES string of the molecule is COc1ccc(-c2nnc([C@@H](C)OC(=O)CCSc3ccc(F)cc3)o2)cc1. The highest BCUT2D eigenvalue weighted by molar-refractivity contribution is 7.99. The third kappa shape index (κ3) is 5.32. The molecule has 8 heteroatoms. The van der Waals surface area contributed by atoms with Crippen LogP contribution in [0.1, 0.15) is 25.3 Å². The Bertz CT molecular complexity index is 913. The molecule has 6 nitrogen and oxygen atoms in total. The lowest BCUT2D eigenvalue weighted by Crippen LogP contribution is -2.09. The van der Waals surface area contributed by atoms with Gasteiger partial charge in [0.05, 0.1) is 13.5 Å². The second-order valence-electron chi connectivity index (χ2n) is 5.86. The third-order valence-electron chi connectivity index (χ3n) is 3.82. The number of ether oxygens (including phenoxy) is 2. The smallest absolute Gasteiger partial charge is 0.307 e. The molecule has 0 N–H and O–H groups in total. The van der Waals surface area contributed by atoms with Crippen LogP contribution in [0.5, 0.6) is 5.75 Å². The topological polar surface area (TPSA) is 74.5 Å². The van der Waals surface area contributed by atoms with Crippen LogP contribution in [0.2, 0.25) is 0 Å². The molecule has 1 aromatic heterocycles. The monoisotopic (exact) mass is 402 g/mol. The Labute approximate surface area is 166 Å². The van der Waals surface area contributed by atoms with Crippen LogP contribution in [0.15, 0.2) is 57.8 Å². The Morgan fingerprint density at radius 1 is 1.14 bits per heavy atom. The normalized spacial score (nSPS) is 11.8. The lowest BCUT2D eigenvalue weighted by Gasteiger charge is -2.09. The van der Waals surface area contributed by atoms with E-state index in [0.29, 0.717) is 11.6 Å². The predicted molar refractivity (Wildman–Crippen MR) is 103 cm³/mol. The van der Waals surface area contributed by atoms with Crippen molar-refractivity contribution in [1.82, 2.24) is 10.2 Å². The number of rotatable bonds is 8. The van der Waals surface area contributed by atoms with Crippen molar-refractivity contribution in [2.24, 2.45) is 0 Å². The van der Waals surface area contributed by atoms with Crippen molar-refractivity contribution < 1.29 is 23.1 Å². The number of methoxy groups -OCH3 is 1. The lowest BCUT2D eigenvalue weighted by molar-refractivity contribution is -0.149. The van der Waals surface area contributed by atoms with Gasteiger partial charge in [-0.15, -0.1) is 22.0 Å². The minimum Gasteiger partial charge on any atom is -0.497 e. The molecule has 0 aliphatic rings. The van der Waals surface area contributed by atoms with Crippen LogP contribution >= 0.6 is 11.8 Å². The van der Waals surface area contributed by atoms with E-state index in [9.17, 15) is 9.18 Å². The van der Waals surface area contributed by atoms with Gasteiger partial charge in [-0.05, 0) is 55.5 Å². The maximum Gasteiger partial charge on any atom is 0.307 e. The highest BCUT2D eigenvalue weighted by atomic mass is 32.2. The molecule has 28 heavy (non-hydrogen) atoms. The molecule has 0 spiro atoms. The van der Waals surface area contributed by atoms with E-state index in [-0.39, 0.29) is 24.1 Å². The molecule has 2 aromatic carbocycles. The average Bonchev–Trinajstić information content (AvgIpc) is 3.20. The molecule has 3 rings (SSSR count). The fourth-order valence-electron chi connectivity index (χ4n) is 2.34. The predicted octanol–water partition coefficient (Wildman–Crippen LogP) is 4.67. The van der Waals surface area contributed by atoms with Crippen LogP contribution in [0.25, 0.3) is 11.5 Å². The molecule has 0 bridgehead atoms. The summed E-state index contributed by atoms with van der Waals surface area (Å²) in [6.07, 6.45) is -0.436. The van der Waals surface area contributed by atoms with Gasteiger partial charge >= 0.3 is 5.97 Å². The zero-order valence-corrected chi connectivity index (χ0v) is 16.2. The van der Waals surface area contributed by atoms with Gasteiger partial charge < -0.3 is 13.9 Å². The van der Waals surface area contributed by atoms with Crippen molar-refractivity contribution in [3.8, 4) is 17.2 Å². The van der Waals surface area contributed by atoms with Gasteiger partial charge in [0.2, 0.25) is 5.89 Å². The van der Waals surface area contributed by atoms with Crippen LogP contribution in [0.3, 0.4) is 0 Å². The number of benzene rings is 2. The number of hydrogen-bond acceptors (Lipinski definition) is 7. The summed E-state index contributed by atoms with van der Waals surface area (Å²) in [7, 11) is 1.59. The fraction of sp³-hybridized carbons (Fsp3) is 0.250. The molecule has 0 saturated heterocycles. The molecular weight excluding hydrogens is 383 g/mol. The standard InChI is InChI=1S/C20H19FN2O4S/c1-13(26-18(24)11-12-28-17-9-5-15(21)6-10-17)19-22-23-20(27-19)14-3-7-16(25-2)8-4-14/h3-10,13H,11-12H2,1-2H3/t13-/m1/s1. The van der Waals surface area contributed by atoms with E-state index in [2.05, 4.69) is 10.2 Å². The summed E-state index contributed by atoms with van der Waals surface area (Å²) in [4.78, 5) is 12.9. The van der Waals surface area contributed by atoms with Crippen molar-refractivity contribution in [1.29, 1.82) is 0 Å². The summed E-state index contributed by atoms with van der Waals surface area (Å²) in [5, 5.41) is 7.95. The molecule has 3 aromatic rings. The molecule has 0 amide bonds. The third-order valence-corrected chi connectivity index (χ3v) is 4.84. The summed E-state index contributed by atoms with van der Waals surface area (Å²) in [5.74, 6) is 1.16. The van der Waals surface area contributed by atoms with Crippen molar-refractivity contribution >= 4 is 17.7 Å². The van der Waals surface area contributed by atoms with Gasteiger partial charge in [0, 0.05) is 16.2 Å². The quantitative estimate of drug-likeness (QED) is 0.400. The summed E-state index contributed by atoms with van der Waals surface area (Å²) in [5.41, 5.74) is 0.744. The van der Waals surface area contributed by atoms with Gasteiger partial charge in [-0.25, -0.2) is 4.39 Å². The number of carbonyl (C=O) groups is 1. The zero-order valence-electron chi connectivity index (χ0n) is 15.4. The molecule has 0 aliphatic heterocycles. The van der Waals surface area contributed by atoms with E-state index in [1.165, 1.54) is 23.9 Å². The number of thioether (sulfide) groups is 1. The Kier molecular flexibility index (Phi) is 6.65. The first-order chi connectivity index (χ1) is 13.5. The van der Waals surface area contributed by atoms with Gasteiger partial charge in [0.25, 0.3) is 5.89 Å². The summed E-state index contributed by atoms with van der Waals surface area (Å²) < 4.78 is 29.0. The van der Waals surface area contributed by atoms with Crippen LogP contribution in [-0.2, 0) is 9.53 Å². The van der Waals surface area contributed by atoms with Crippen LogP contribution in [0, 0.1) is 5.82 Å². The van der Waals surface area contributed by atoms with Crippen molar-refractivity contribution in [2.45, 2.75) is 24.3 Å². The Morgan fingerprint density at radius 2 is 1.86 bits per heavy atom. The maximum atomic E-state index is 12.9. The lowest BCUT2D eigenvalue weighted by atomic mass is 10.2. The molecule has 1 atom stereocenters. The number of aromatic nitrogens is 2. The molecular formula is C20H19FN2O4S. The highest BCUT2D eigenvalue weighted by Gasteiger charge is 2.19. The Hall–Kier alpha value is -2.87. The number of halogens is 1. The second-order valence-corrected chi connectivity index (χ2v) is 7.03. The van der Waals surface area contributed by atoms with Gasteiger partial charge in [-0.1, -0.05) is 0 Å². The molecule has 0 saturated carbocycles. The number of nitrogens with zero attached hydrogens (tertiary/aromatic N) is 2. The molecule has 0 aliphatic carbocycles. The molecule has 0 fully saturated rings. The minimum atomic E-state index is -0.650. The zero-order chi connectivity index (χ0) is 19.9. The van der Waals surface area contributed by atoms with Crippen LogP contribution in [-0.4, -0.2) is 29.0 Å². The maximum absolute atomic E-state index is 12.9. The van der Waals surface area contributed by atoms with Gasteiger partial charge in [0.15, 0.2) is 6.10 Å². The van der Waals surface area contributed by atoms with Gasteiger partial charge in [-0.3, -0.25) is 4.79 Å². The summed E-state index contributed by atoms with van der Waals surface area (Å²) in [6, 6.07) is 13.3. The van der Waals surface area contributed by atoms with Crippen molar-refractivity contribution in [3.05, 3.63) is 60.2 Å². The van der Waals surface area contributed by atoms with Gasteiger partial charge in [-0.2, -0.15) is 0 Å². The van der Waals surface area contributed by atoms with E-state index < -0.39 is 6.10 Å². The first kappa shape index (κ1) is 19.9. The van der Waals surface area contributed by atoms with Crippen LogP contribution in [0.4, 0.5) is 4.39 Å². The largest absolute Gasteiger partial charge is 0.497 e. The van der Waals surface area contributed by atoms with E-state index >= 15 is 0 Å². The van der Waals surface area contributed by atoms with E-state index in [1.54, 1.807) is 50.4 Å². The molecule has 0 unspecified atom stereocenters. The Balaban J connectivity index is 1.49. The first-order valence-electron chi connectivity index (χ1n) is 8.61. The number of carbonyl (C=O) groups excluding carboxylic acids is 1. The van der Waals surface area contributed by atoms with E-state index in [1.807, 2.05) is 0 Å². The minimum absolute atomic E-state index is 0.214. The van der Waals surface area contributed by atoms with Crippen molar-refractivity contribution in [3.63, 3.8) is 0 Å². The summed E-state index contributed by atoms with van der Waals surface area (Å²) >= 11 is 1.46. The number of hydrogen-bond donors (Lipinski definition) is 0. The van der Waals surface area contributed by atoms with E-state index in [4.69, 9.17) is 13.9 Å². The number of esters is 1. The summed E-state index contributed by atoms with van der Waals surface area (Å²) in [6.45, 7) is 1.68. The first-order valence-corrected chi connectivity index (χ1v) is 9.59. The molecule has 1 heterocycles. The van der Waals surface area contributed by atoms with E-state index in [0.717, 1.165) is 16.2 Å².